The van der Waals surface area contributed by atoms with Crippen molar-refractivity contribution in [3.05, 3.63) is 57.5 Å². The second kappa shape index (κ2) is 5.67. The Morgan fingerprint density at radius 2 is 1.80 bits per heavy atom. The molecule has 0 heterocycles. The first-order valence-corrected chi connectivity index (χ1v) is 7.88. The molecule has 2 aromatic carbocycles. The molecule has 0 fully saturated rings. The fraction of sp³-hybridized carbons (Fsp3) is 0. The summed E-state index contributed by atoms with van der Waals surface area (Å²) in [6, 6.07) is 6.59. The van der Waals surface area contributed by atoms with Gasteiger partial charge in [0.05, 0.1) is 15.2 Å². The van der Waals surface area contributed by atoms with E-state index in [1.807, 2.05) is 0 Å². The smallest absolute Gasteiger partial charge is 0.263 e. The Morgan fingerprint density at radius 1 is 1.10 bits per heavy atom. The lowest BCUT2D eigenvalue weighted by Gasteiger charge is -2.10. The SMILES string of the molecule is O=S(=O)(Nc1ccc(F)c(Br)c1)c1cc(F)ccc1Cl. The van der Waals surface area contributed by atoms with Crippen molar-refractivity contribution < 1.29 is 17.2 Å². The summed E-state index contributed by atoms with van der Waals surface area (Å²) in [7, 11) is -4.06. The summed E-state index contributed by atoms with van der Waals surface area (Å²) in [4.78, 5) is -0.389. The van der Waals surface area contributed by atoms with Crippen LogP contribution in [0.1, 0.15) is 0 Å². The van der Waals surface area contributed by atoms with Gasteiger partial charge in [-0.05, 0) is 52.3 Å². The lowest BCUT2D eigenvalue weighted by molar-refractivity contribution is 0.595. The van der Waals surface area contributed by atoms with Crippen molar-refractivity contribution in [2.75, 3.05) is 4.72 Å². The predicted octanol–water partition coefficient (Wildman–Crippen LogP) is 4.18. The molecule has 106 valence electrons. The van der Waals surface area contributed by atoms with Crippen LogP contribution >= 0.6 is 27.5 Å². The molecule has 0 amide bonds. The third-order valence-electron chi connectivity index (χ3n) is 2.35. The molecule has 3 nitrogen and oxygen atoms in total. The maximum Gasteiger partial charge on any atom is 0.263 e. The van der Waals surface area contributed by atoms with Gasteiger partial charge in [0.1, 0.15) is 16.5 Å². The van der Waals surface area contributed by atoms with E-state index in [4.69, 9.17) is 11.6 Å². The van der Waals surface area contributed by atoms with Gasteiger partial charge in [-0.3, -0.25) is 4.72 Å². The van der Waals surface area contributed by atoms with Crippen molar-refractivity contribution in [1.82, 2.24) is 0 Å². The van der Waals surface area contributed by atoms with Crippen LogP contribution in [-0.2, 0) is 10.0 Å². The van der Waals surface area contributed by atoms with E-state index in [0.717, 1.165) is 24.3 Å². The Bertz CT molecular complexity index is 768. The second-order valence-corrected chi connectivity index (χ2v) is 6.72. The highest BCUT2D eigenvalue weighted by Crippen LogP contribution is 2.26. The Labute approximate surface area is 127 Å². The molecular formula is C12H7BrClF2NO2S. The summed E-state index contributed by atoms with van der Waals surface area (Å²) < 4.78 is 52.7. The molecule has 2 rings (SSSR count). The average molecular weight is 383 g/mol. The van der Waals surface area contributed by atoms with Crippen LogP contribution in [0.15, 0.2) is 45.8 Å². The van der Waals surface area contributed by atoms with Crippen LogP contribution < -0.4 is 4.72 Å². The van der Waals surface area contributed by atoms with Crippen LogP contribution in [0.5, 0.6) is 0 Å². The van der Waals surface area contributed by atoms with E-state index >= 15 is 0 Å². The van der Waals surface area contributed by atoms with Gasteiger partial charge in [0.2, 0.25) is 0 Å². The molecule has 8 heteroatoms. The first kappa shape index (κ1) is 15.2. The minimum atomic E-state index is -4.06. The standard InChI is InChI=1S/C12H7BrClF2NO2S/c13-9-6-8(2-4-11(9)16)17-20(18,19)12-5-7(15)1-3-10(12)14/h1-6,17H. The first-order chi connectivity index (χ1) is 9.29. The molecule has 20 heavy (non-hydrogen) atoms. The van der Waals surface area contributed by atoms with Gasteiger partial charge in [0, 0.05) is 0 Å². The Kier molecular flexibility index (Phi) is 4.31. The average Bonchev–Trinajstić information content (AvgIpc) is 2.36. The Balaban J connectivity index is 2.40. The summed E-state index contributed by atoms with van der Waals surface area (Å²) >= 11 is 8.69. The van der Waals surface area contributed by atoms with Crippen LogP contribution in [-0.4, -0.2) is 8.42 Å². The number of sulfonamides is 1. The highest BCUT2D eigenvalue weighted by molar-refractivity contribution is 9.10. The van der Waals surface area contributed by atoms with Crippen LogP contribution in [0.2, 0.25) is 5.02 Å². The highest BCUT2D eigenvalue weighted by atomic mass is 79.9. The number of hydrogen-bond acceptors (Lipinski definition) is 2. The number of halogens is 4. The van der Waals surface area contributed by atoms with E-state index in [-0.39, 0.29) is 20.1 Å². The van der Waals surface area contributed by atoms with Crippen molar-refractivity contribution in [2.24, 2.45) is 0 Å². The molecule has 0 aliphatic heterocycles. The molecule has 0 bridgehead atoms. The number of nitrogens with one attached hydrogen (secondary N) is 1. The van der Waals surface area contributed by atoms with E-state index in [0.29, 0.717) is 0 Å². The molecule has 0 aliphatic rings. The maximum absolute atomic E-state index is 13.1. The van der Waals surface area contributed by atoms with Gasteiger partial charge < -0.3 is 0 Å². The van der Waals surface area contributed by atoms with E-state index in [1.165, 1.54) is 12.1 Å². The van der Waals surface area contributed by atoms with Gasteiger partial charge in [-0.25, -0.2) is 17.2 Å². The summed E-state index contributed by atoms with van der Waals surface area (Å²) in [5, 5.41) is -0.111. The van der Waals surface area contributed by atoms with E-state index in [9.17, 15) is 17.2 Å². The van der Waals surface area contributed by atoms with Crippen LogP contribution in [0.4, 0.5) is 14.5 Å². The monoisotopic (exact) mass is 381 g/mol. The van der Waals surface area contributed by atoms with Crippen molar-refractivity contribution in [3.8, 4) is 0 Å². The van der Waals surface area contributed by atoms with E-state index in [2.05, 4.69) is 20.7 Å². The molecule has 0 atom stereocenters. The van der Waals surface area contributed by atoms with Gasteiger partial charge in [-0.2, -0.15) is 0 Å². The third kappa shape index (κ3) is 3.28. The molecule has 2 aromatic rings. The summed E-state index contributed by atoms with van der Waals surface area (Å²) in [5.74, 6) is -1.26. The van der Waals surface area contributed by atoms with Gasteiger partial charge in [-0.15, -0.1) is 0 Å². The van der Waals surface area contributed by atoms with E-state index < -0.39 is 21.7 Å². The fourth-order valence-electron chi connectivity index (χ4n) is 1.45. The minimum absolute atomic E-state index is 0.100. The summed E-state index contributed by atoms with van der Waals surface area (Å²) in [5.41, 5.74) is 0.124. The number of rotatable bonds is 3. The van der Waals surface area contributed by atoms with Crippen molar-refractivity contribution in [3.63, 3.8) is 0 Å². The zero-order valence-corrected chi connectivity index (χ0v) is 12.9. The minimum Gasteiger partial charge on any atom is -0.280 e. The topological polar surface area (TPSA) is 46.2 Å². The summed E-state index contributed by atoms with van der Waals surface area (Å²) in [6.45, 7) is 0. The zero-order chi connectivity index (χ0) is 14.9. The number of hydrogen-bond donors (Lipinski definition) is 1. The Hall–Kier alpha value is -1.18. The normalized spacial score (nSPS) is 11.4. The fourth-order valence-corrected chi connectivity index (χ4v) is 3.39. The van der Waals surface area contributed by atoms with Gasteiger partial charge in [0.25, 0.3) is 10.0 Å². The second-order valence-electron chi connectivity index (χ2n) is 3.81. The lowest BCUT2D eigenvalue weighted by Crippen LogP contribution is -2.13. The van der Waals surface area contributed by atoms with Crippen LogP contribution in [0.3, 0.4) is 0 Å². The quantitative estimate of drug-likeness (QED) is 0.865. The third-order valence-corrected chi connectivity index (χ3v) is 4.83. The molecule has 0 unspecified atom stereocenters. The maximum atomic E-state index is 13.1. The molecule has 0 spiro atoms. The highest BCUT2D eigenvalue weighted by Gasteiger charge is 2.19. The number of anilines is 1. The molecule has 1 N–H and O–H groups in total. The van der Waals surface area contributed by atoms with Crippen molar-refractivity contribution >= 4 is 43.2 Å². The molecule has 0 saturated carbocycles. The van der Waals surface area contributed by atoms with Crippen molar-refractivity contribution in [1.29, 1.82) is 0 Å². The largest absolute Gasteiger partial charge is 0.280 e. The van der Waals surface area contributed by atoms with Gasteiger partial charge in [0.15, 0.2) is 0 Å². The predicted molar refractivity (Wildman–Crippen MR) is 76.3 cm³/mol. The van der Waals surface area contributed by atoms with Gasteiger partial charge in [-0.1, -0.05) is 11.6 Å². The van der Waals surface area contributed by atoms with E-state index in [1.54, 1.807) is 0 Å². The zero-order valence-electron chi connectivity index (χ0n) is 9.70. The van der Waals surface area contributed by atoms with Crippen molar-refractivity contribution in [2.45, 2.75) is 4.90 Å². The molecule has 0 saturated heterocycles. The van der Waals surface area contributed by atoms with Gasteiger partial charge >= 0.3 is 0 Å². The first-order valence-electron chi connectivity index (χ1n) is 5.22. The number of benzene rings is 2. The summed E-state index contributed by atoms with van der Waals surface area (Å²) in [6.07, 6.45) is 0. The molecular weight excluding hydrogens is 376 g/mol. The molecule has 0 aliphatic carbocycles. The molecule has 0 radical (unpaired) electrons. The van der Waals surface area contributed by atoms with Crippen LogP contribution in [0, 0.1) is 11.6 Å². The lowest BCUT2D eigenvalue weighted by atomic mass is 10.3. The molecule has 0 aromatic heterocycles. The van der Waals surface area contributed by atoms with Crippen LogP contribution in [0.25, 0.3) is 0 Å². The Morgan fingerprint density at radius 3 is 2.45 bits per heavy atom.